The van der Waals surface area contributed by atoms with Crippen LogP contribution in [0.15, 0.2) is 18.2 Å². The van der Waals surface area contributed by atoms with Crippen molar-refractivity contribution in [3.05, 3.63) is 38.9 Å². The summed E-state index contributed by atoms with van der Waals surface area (Å²) in [6, 6.07) is 3.82. The summed E-state index contributed by atoms with van der Waals surface area (Å²) < 4.78 is 0. The molecule has 0 aromatic heterocycles. The van der Waals surface area contributed by atoms with Crippen molar-refractivity contribution in [3.8, 4) is 0 Å². The molecule has 120 valence electrons. The lowest BCUT2D eigenvalue weighted by Gasteiger charge is -2.11. The third-order valence-electron chi connectivity index (χ3n) is 2.76. The van der Waals surface area contributed by atoms with E-state index in [0.717, 1.165) is 25.3 Å². The number of nitro benzene ring substituents is 1. The van der Waals surface area contributed by atoms with Crippen molar-refractivity contribution in [2.45, 2.75) is 26.2 Å². The molecule has 7 nitrogen and oxygen atoms in total. The van der Waals surface area contributed by atoms with Gasteiger partial charge in [0.15, 0.2) is 5.11 Å². The first-order valence-corrected chi connectivity index (χ1v) is 7.52. The van der Waals surface area contributed by atoms with Crippen molar-refractivity contribution >= 4 is 40.5 Å². The number of carbonyl (C=O) groups excluding carboxylic acids is 1. The SMILES string of the molecule is CCCCCNC(=S)NNC(=O)c1ccc(Cl)cc1[N+](=O)[O-]. The van der Waals surface area contributed by atoms with Crippen molar-refractivity contribution in [3.63, 3.8) is 0 Å². The smallest absolute Gasteiger partial charge is 0.283 e. The fraction of sp³-hybridized carbons (Fsp3) is 0.385. The monoisotopic (exact) mass is 344 g/mol. The lowest BCUT2D eigenvalue weighted by molar-refractivity contribution is -0.385. The first kappa shape index (κ1) is 18.1. The van der Waals surface area contributed by atoms with Gasteiger partial charge in [-0.1, -0.05) is 31.4 Å². The van der Waals surface area contributed by atoms with Crippen molar-refractivity contribution < 1.29 is 9.72 Å². The summed E-state index contributed by atoms with van der Waals surface area (Å²) in [5.41, 5.74) is 4.35. The number of hydrogen-bond donors (Lipinski definition) is 3. The molecule has 0 aliphatic heterocycles. The Balaban J connectivity index is 2.55. The molecule has 0 atom stereocenters. The summed E-state index contributed by atoms with van der Waals surface area (Å²) in [5, 5.41) is 14.3. The summed E-state index contributed by atoms with van der Waals surface area (Å²) in [6.07, 6.45) is 3.15. The van der Waals surface area contributed by atoms with Gasteiger partial charge in [-0.3, -0.25) is 25.8 Å². The van der Waals surface area contributed by atoms with Crippen molar-refractivity contribution in [2.24, 2.45) is 0 Å². The summed E-state index contributed by atoms with van der Waals surface area (Å²) >= 11 is 10.7. The molecular formula is C13H17ClN4O3S. The highest BCUT2D eigenvalue weighted by atomic mass is 35.5. The minimum absolute atomic E-state index is 0.101. The van der Waals surface area contributed by atoms with Gasteiger partial charge in [0.05, 0.1) is 4.92 Å². The van der Waals surface area contributed by atoms with Gasteiger partial charge in [0, 0.05) is 17.6 Å². The van der Waals surface area contributed by atoms with Gasteiger partial charge in [0.2, 0.25) is 0 Å². The van der Waals surface area contributed by atoms with Gasteiger partial charge >= 0.3 is 0 Å². The quantitative estimate of drug-likeness (QED) is 0.317. The molecule has 22 heavy (non-hydrogen) atoms. The number of rotatable bonds is 6. The van der Waals surface area contributed by atoms with E-state index in [0.29, 0.717) is 6.54 Å². The number of carbonyl (C=O) groups is 1. The average Bonchev–Trinajstić information content (AvgIpc) is 2.49. The van der Waals surface area contributed by atoms with E-state index in [1.54, 1.807) is 0 Å². The van der Waals surface area contributed by atoms with Gasteiger partial charge < -0.3 is 5.32 Å². The number of amides is 1. The van der Waals surface area contributed by atoms with E-state index in [1.807, 2.05) is 0 Å². The molecule has 0 unspecified atom stereocenters. The van der Waals surface area contributed by atoms with Crippen molar-refractivity contribution in [2.75, 3.05) is 6.54 Å². The normalized spacial score (nSPS) is 9.91. The van der Waals surface area contributed by atoms with Crippen LogP contribution in [0.4, 0.5) is 5.69 Å². The zero-order valence-electron chi connectivity index (χ0n) is 12.0. The number of nitro groups is 1. The van der Waals surface area contributed by atoms with Crippen LogP contribution in [-0.2, 0) is 0 Å². The average molecular weight is 345 g/mol. The van der Waals surface area contributed by atoms with Crippen LogP contribution < -0.4 is 16.2 Å². The van der Waals surface area contributed by atoms with E-state index in [4.69, 9.17) is 23.8 Å². The van der Waals surface area contributed by atoms with Gasteiger partial charge in [-0.05, 0) is 30.8 Å². The molecule has 0 radical (unpaired) electrons. The number of hydrogen-bond acceptors (Lipinski definition) is 4. The fourth-order valence-electron chi connectivity index (χ4n) is 1.65. The van der Waals surface area contributed by atoms with Crippen LogP contribution in [0.1, 0.15) is 36.5 Å². The second-order valence-electron chi connectivity index (χ2n) is 4.46. The van der Waals surface area contributed by atoms with E-state index in [2.05, 4.69) is 23.1 Å². The number of unbranched alkanes of at least 4 members (excludes halogenated alkanes) is 2. The first-order chi connectivity index (χ1) is 10.5. The molecule has 1 aromatic carbocycles. The molecule has 0 saturated carbocycles. The van der Waals surface area contributed by atoms with Gasteiger partial charge in [0.25, 0.3) is 11.6 Å². The van der Waals surface area contributed by atoms with Crippen molar-refractivity contribution in [1.82, 2.24) is 16.2 Å². The molecule has 3 N–H and O–H groups in total. The standard InChI is InChI=1S/C13H17ClN4O3S/c1-2-3-4-7-15-13(22)17-16-12(19)10-6-5-9(14)8-11(10)18(20)21/h5-6,8H,2-4,7H2,1H3,(H,16,19)(H2,15,17,22). The highest BCUT2D eigenvalue weighted by molar-refractivity contribution is 7.80. The van der Waals surface area contributed by atoms with Crippen LogP contribution in [-0.4, -0.2) is 22.5 Å². The Morgan fingerprint density at radius 3 is 2.73 bits per heavy atom. The predicted octanol–water partition coefficient (Wildman–Crippen LogP) is 2.55. The molecule has 0 aliphatic rings. The highest BCUT2D eigenvalue weighted by Crippen LogP contribution is 2.22. The van der Waals surface area contributed by atoms with Crippen LogP contribution in [0.3, 0.4) is 0 Å². The molecule has 0 saturated heterocycles. The van der Waals surface area contributed by atoms with Crippen LogP contribution in [0.5, 0.6) is 0 Å². The van der Waals surface area contributed by atoms with Gasteiger partial charge in [0.1, 0.15) is 5.56 Å². The van der Waals surface area contributed by atoms with E-state index in [-0.39, 0.29) is 21.4 Å². The van der Waals surface area contributed by atoms with Crippen LogP contribution in [0.2, 0.25) is 5.02 Å². The second-order valence-corrected chi connectivity index (χ2v) is 5.31. The summed E-state index contributed by atoms with van der Waals surface area (Å²) in [7, 11) is 0. The minimum atomic E-state index is -0.666. The molecule has 0 heterocycles. The minimum Gasteiger partial charge on any atom is -0.361 e. The summed E-state index contributed by atoms with van der Waals surface area (Å²) in [4.78, 5) is 22.2. The molecule has 0 aliphatic carbocycles. The molecule has 0 bridgehead atoms. The number of nitrogens with one attached hydrogen (secondary N) is 3. The topological polar surface area (TPSA) is 96.3 Å². The zero-order valence-corrected chi connectivity index (χ0v) is 13.6. The van der Waals surface area contributed by atoms with Crippen molar-refractivity contribution in [1.29, 1.82) is 0 Å². The maximum Gasteiger partial charge on any atom is 0.283 e. The summed E-state index contributed by atoms with van der Waals surface area (Å²) in [6.45, 7) is 2.78. The van der Waals surface area contributed by atoms with Crippen LogP contribution >= 0.6 is 23.8 Å². The van der Waals surface area contributed by atoms with Gasteiger partial charge in [-0.15, -0.1) is 0 Å². The first-order valence-electron chi connectivity index (χ1n) is 6.73. The van der Waals surface area contributed by atoms with Gasteiger partial charge in [-0.25, -0.2) is 0 Å². The third-order valence-corrected chi connectivity index (χ3v) is 3.24. The molecule has 0 fully saturated rings. The Hall–Kier alpha value is -1.93. The molecular weight excluding hydrogens is 328 g/mol. The Bertz CT molecular complexity index is 568. The number of nitrogens with zero attached hydrogens (tertiary/aromatic N) is 1. The Morgan fingerprint density at radius 1 is 1.36 bits per heavy atom. The van der Waals surface area contributed by atoms with Gasteiger partial charge in [-0.2, -0.15) is 0 Å². The maximum atomic E-state index is 12.0. The fourth-order valence-corrected chi connectivity index (χ4v) is 1.97. The lowest BCUT2D eigenvalue weighted by atomic mass is 10.2. The lowest BCUT2D eigenvalue weighted by Crippen LogP contribution is -2.47. The van der Waals surface area contributed by atoms with Crippen LogP contribution in [0.25, 0.3) is 0 Å². The highest BCUT2D eigenvalue weighted by Gasteiger charge is 2.20. The summed E-state index contributed by atoms with van der Waals surface area (Å²) in [5.74, 6) is -0.666. The van der Waals surface area contributed by atoms with E-state index in [1.165, 1.54) is 12.1 Å². The van der Waals surface area contributed by atoms with E-state index >= 15 is 0 Å². The number of halogens is 1. The van der Waals surface area contributed by atoms with Crippen LogP contribution in [0, 0.1) is 10.1 Å². The zero-order chi connectivity index (χ0) is 16.5. The van der Waals surface area contributed by atoms with E-state index in [9.17, 15) is 14.9 Å². The molecule has 1 aromatic rings. The number of benzene rings is 1. The molecule has 9 heteroatoms. The largest absolute Gasteiger partial charge is 0.361 e. The molecule has 0 spiro atoms. The predicted molar refractivity (Wildman–Crippen MR) is 88.8 cm³/mol. The Labute approximate surface area is 138 Å². The number of thiocarbonyl (C=S) groups is 1. The second kappa shape index (κ2) is 9.16. The maximum absolute atomic E-state index is 12.0. The van der Waals surface area contributed by atoms with E-state index < -0.39 is 10.8 Å². The third kappa shape index (κ3) is 5.82. The Morgan fingerprint density at radius 2 is 2.09 bits per heavy atom. The molecule has 1 amide bonds. The Kier molecular flexibility index (Phi) is 7.55. The number of hydrazine groups is 1. The molecule has 1 rings (SSSR count).